The third-order valence-corrected chi connectivity index (χ3v) is 6.21. The third kappa shape index (κ3) is 3.96. The predicted molar refractivity (Wildman–Crippen MR) is 108 cm³/mol. The zero-order valence-electron chi connectivity index (χ0n) is 13.7. The molecule has 0 spiro atoms. The molecule has 4 rings (SSSR count). The number of aryl methyl sites for hydroxylation is 1. The number of rotatable bonds is 2. The van der Waals surface area contributed by atoms with E-state index < -0.39 is 0 Å². The highest BCUT2D eigenvalue weighted by Crippen LogP contribution is 2.32. The highest BCUT2D eigenvalue weighted by Gasteiger charge is 2.39. The summed E-state index contributed by atoms with van der Waals surface area (Å²) in [6.45, 7) is 5.72. The molecule has 0 aliphatic carbocycles. The van der Waals surface area contributed by atoms with Crippen LogP contribution in [0.2, 0.25) is 5.02 Å². The Bertz CT molecular complexity index is 738. The molecule has 2 atom stereocenters. The van der Waals surface area contributed by atoms with Gasteiger partial charge in [0.25, 0.3) is 5.91 Å². The second-order valence-corrected chi connectivity index (χ2v) is 7.76. The van der Waals surface area contributed by atoms with Crippen LogP contribution in [0.5, 0.6) is 0 Å². The van der Waals surface area contributed by atoms with Gasteiger partial charge in [-0.1, -0.05) is 23.7 Å². The largest absolute Gasteiger partial charge is 0.337 e. The Hall–Kier alpha value is -0.850. The molecule has 1 amide bonds. The first kappa shape index (κ1) is 20.5. The molecule has 25 heavy (non-hydrogen) atoms. The molecule has 4 nitrogen and oxygen atoms in total. The van der Waals surface area contributed by atoms with Crippen LogP contribution in [0, 0.1) is 18.8 Å². The Labute approximate surface area is 168 Å². The van der Waals surface area contributed by atoms with Crippen molar-refractivity contribution in [2.24, 2.45) is 11.8 Å². The summed E-state index contributed by atoms with van der Waals surface area (Å²) in [4.78, 5) is 20.2. The van der Waals surface area contributed by atoms with Crippen molar-refractivity contribution < 1.29 is 4.79 Å². The molecule has 0 saturated carbocycles. The summed E-state index contributed by atoms with van der Waals surface area (Å²) in [7, 11) is 0. The fourth-order valence-electron chi connectivity index (χ4n) is 3.48. The van der Waals surface area contributed by atoms with E-state index in [0.717, 1.165) is 47.3 Å². The van der Waals surface area contributed by atoms with Crippen molar-refractivity contribution in [1.29, 1.82) is 0 Å². The van der Waals surface area contributed by atoms with E-state index in [1.165, 1.54) is 11.3 Å². The number of thiazole rings is 1. The van der Waals surface area contributed by atoms with Crippen molar-refractivity contribution in [1.82, 2.24) is 15.2 Å². The lowest BCUT2D eigenvalue weighted by Crippen LogP contribution is -2.31. The number of halogens is 3. The minimum atomic E-state index is 0. The van der Waals surface area contributed by atoms with Crippen LogP contribution in [0.15, 0.2) is 24.3 Å². The molecule has 0 bridgehead atoms. The molecule has 0 unspecified atom stereocenters. The minimum Gasteiger partial charge on any atom is -0.337 e. The van der Waals surface area contributed by atoms with Gasteiger partial charge in [0.15, 0.2) is 0 Å². The summed E-state index contributed by atoms with van der Waals surface area (Å²) in [5, 5.41) is 4.99. The molecule has 2 aromatic rings. The molecule has 1 N–H and O–H groups in total. The SMILES string of the molecule is Cc1nc(-c2ccc(Cl)cc2)sc1C(=O)N1C[C@H]2CNC[C@H]2C1.Cl.Cl. The molecule has 136 valence electrons. The van der Waals surface area contributed by atoms with Crippen molar-refractivity contribution in [3.8, 4) is 10.6 Å². The van der Waals surface area contributed by atoms with E-state index in [-0.39, 0.29) is 30.7 Å². The molecule has 2 aliphatic rings. The van der Waals surface area contributed by atoms with Crippen LogP contribution >= 0.6 is 47.8 Å². The van der Waals surface area contributed by atoms with E-state index in [1.54, 1.807) is 0 Å². The number of carbonyl (C=O) groups is 1. The second kappa shape index (κ2) is 8.23. The molecule has 1 aromatic carbocycles. The van der Waals surface area contributed by atoms with Crippen molar-refractivity contribution in [3.63, 3.8) is 0 Å². The molecule has 1 aromatic heterocycles. The van der Waals surface area contributed by atoms with Crippen LogP contribution in [-0.2, 0) is 0 Å². The second-order valence-electron chi connectivity index (χ2n) is 6.33. The first-order chi connectivity index (χ1) is 11.1. The highest BCUT2D eigenvalue weighted by atomic mass is 35.5. The maximum atomic E-state index is 12.9. The Morgan fingerprint density at radius 3 is 2.40 bits per heavy atom. The number of amides is 1. The van der Waals surface area contributed by atoms with Crippen molar-refractivity contribution in [3.05, 3.63) is 39.9 Å². The quantitative estimate of drug-likeness (QED) is 0.801. The third-order valence-electron chi connectivity index (χ3n) is 4.76. The van der Waals surface area contributed by atoms with E-state index in [9.17, 15) is 4.79 Å². The Morgan fingerprint density at radius 2 is 1.80 bits per heavy atom. The Morgan fingerprint density at radius 1 is 1.20 bits per heavy atom. The van der Waals surface area contributed by atoms with Gasteiger partial charge in [0.05, 0.1) is 5.69 Å². The summed E-state index contributed by atoms with van der Waals surface area (Å²) in [6.07, 6.45) is 0. The average molecular weight is 421 g/mol. The van der Waals surface area contributed by atoms with Gasteiger partial charge in [-0.15, -0.1) is 36.2 Å². The fraction of sp³-hybridized carbons (Fsp3) is 0.412. The number of hydrogen-bond acceptors (Lipinski definition) is 4. The van der Waals surface area contributed by atoms with Gasteiger partial charge in [0.1, 0.15) is 9.88 Å². The molecule has 2 fully saturated rings. The standard InChI is InChI=1S/C17H18ClN3OS.2ClH/c1-10-15(17(22)21-8-12-6-19-7-13(12)9-21)23-16(20-10)11-2-4-14(18)5-3-11;;/h2-5,12-13,19H,6-9H2,1H3;2*1H/t12-,13+;;. The highest BCUT2D eigenvalue weighted by molar-refractivity contribution is 7.17. The number of aromatic nitrogens is 1. The van der Waals surface area contributed by atoms with Gasteiger partial charge in [0.2, 0.25) is 0 Å². The Kier molecular flexibility index (Phi) is 6.74. The van der Waals surface area contributed by atoms with Crippen molar-refractivity contribution in [2.75, 3.05) is 26.2 Å². The van der Waals surface area contributed by atoms with Crippen LogP contribution in [0.25, 0.3) is 10.6 Å². The zero-order chi connectivity index (χ0) is 16.0. The number of nitrogens with zero attached hydrogens (tertiary/aromatic N) is 2. The van der Waals surface area contributed by atoms with Crippen molar-refractivity contribution in [2.45, 2.75) is 6.92 Å². The van der Waals surface area contributed by atoms with Crippen LogP contribution in [0.3, 0.4) is 0 Å². The molecular formula is C17H20Cl3N3OS. The van der Waals surface area contributed by atoms with Gasteiger partial charge >= 0.3 is 0 Å². The van der Waals surface area contributed by atoms with Crippen LogP contribution in [-0.4, -0.2) is 42.0 Å². The zero-order valence-corrected chi connectivity index (χ0v) is 16.9. The summed E-state index contributed by atoms with van der Waals surface area (Å²) in [5.74, 6) is 1.36. The molecule has 3 heterocycles. The summed E-state index contributed by atoms with van der Waals surface area (Å²) in [5.41, 5.74) is 1.82. The lowest BCUT2D eigenvalue weighted by Gasteiger charge is -2.16. The lowest BCUT2D eigenvalue weighted by molar-refractivity contribution is 0.0785. The normalized spacial score (nSPS) is 21.4. The fourth-order valence-corrected chi connectivity index (χ4v) is 4.64. The Balaban J connectivity index is 0.00000113. The van der Waals surface area contributed by atoms with Crippen molar-refractivity contribution >= 4 is 53.7 Å². The van der Waals surface area contributed by atoms with Crippen LogP contribution < -0.4 is 5.32 Å². The topological polar surface area (TPSA) is 45.2 Å². The molecule has 8 heteroatoms. The van der Waals surface area contributed by atoms with Gasteiger partial charge in [-0.3, -0.25) is 4.79 Å². The van der Waals surface area contributed by atoms with Crippen LogP contribution in [0.4, 0.5) is 0 Å². The number of carbonyl (C=O) groups excluding carboxylic acids is 1. The maximum absolute atomic E-state index is 12.9. The van der Waals surface area contributed by atoms with Crippen LogP contribution in [0.1, 0.15) is 15.4 Å². The lowest BCUT2D eigenvalue weighted by atomic mass is 10.0. The summed E-state index contributed by atoms with van der Waals surface area (Å²) >= 11 is 7.42. The molecule has 2 saturated heterocycles. The number of benzene rings is 1. The number of hydrogen-bond donors (Lipinski definition) is 1. The minimum absolute atomic E-state index is 0. The van der Waals surface area contributed by atoms with Gasteiger partial charge in [-0.2, -0.15) is 0 Å². The number of fused-ring (bicyclic) bond motifs is 1. The molecular weight excluding hydrogens is 401 g/mol. The van der Waals surface area contributed by atoms with Gasteiger partial charge in [0, 0.05) is 36.8 Å². The average Bonchev–Trinajstić information content (AvgIpc) is 3.21. The first-order valence-electron chi connectivity index (χ1n) is 7.85. The van der Waals surface area contributed by atoms with E-state index >= 15 is 0 Å². The summed E-state index contributed by atoms with van der Waals surface area (Å²) < 4.78 is 0. The maximum Gasteiger partial charge on any atom is 0.265 e. The number of nitrogens with one attached hydrogen (secondary N) is 1. The van der Waals surface area contributed by atoms with Gasteiger partial charge in [-0.05, 0) is 30.9 Å². The van der Waals surface area contributed by atoms with Gasteiger partial charge < -0.3 is 10.2 Å². The summed E-state index contributed by atoms with van der Waals surface area (Å²) in [6, 6.07) is 7.59. The molecule has 2 aliphatic heterocycles. The smallest absolute Gasteiger partial charge is 0.265 e. The predicted octanol–water partition coefficient (Wildman–Crippen LogP) is 3.91. The molecule has 0 radical (unpaired) electrons. The number of likely N-dealkylation sites (tertiary alicyclic amines) is 1. The van der Waals surface area contributed by atoms with E-state index in [1.807, 2.05) is 36.1 Å². The van der Waals surface area contributed by atoms with E-state index in [4.69, 9.17) is 11.6 Å². The first-order valence-corrected chi connectivity index (χ1v) is 9.04. The van der Waals surface area contributed by atoms with E-state index in [2.05, 4.69) is 10.3 Å². The monoisotopic (exact) mass is 419 g/mol. The van der Waals surface area contributed by atoms with Gasteiger partial charge in [-0.25, -0.2) is 4.98 Å². The van der Waals surface area contributed by atoms with E-state index in [0.29, 0.717) is 16.9 Å².